The van der Waals surface area contributed by atoms with Crippen molar-refractivity contribution in [2.75, 3.05) is 0 Å². The second kappa shape index (κ2) is 3.15. The normalized spacial score (nSPS) is 32.7. The molecule has 0 amide bonds. The van der Waals surface area contributed by atoms with Crippen molar-refractivity contribution >= 4 is 0 Å². The Labute approximate surface area is 110 Å². The third-order valence-corrected chi connectivity index (χ3v) is 5.74. The van der Waals surface area contributed by atoms with E-state index in [2.05, 4.69) is 57.8 Å². The van der Waals surface area contributed by atoms with Gasteiger partial charge in [0.25, 0.3) is 0 Å². The molecule has 0 saturated heterocycles. The lowest BCUT2D eigenvalue weighted by Crippen LogP contribution is -2.31. The highest BCUT2D eigenvalue weighted by Gasteiger charge is 2.60. The lowest BCUT2D eigenvalue weighted by Gasteiger charge is -2.35. The van der Waals surface area contributed by atoms with Gasteiger partial charge in [-0.15, -0.1) is 0 Å². The van der Waals surface area contributed by atoms with Crippen LogP contribution in [0.5, 0.6) is 0 Å². The second-order valence-electron chi connectivity index (χ2n) is 7.92. The summed E-state index contributed by atoms with van der Waals surface area (Å²) in [5, 5.41) is 9.09. The van der Waals surface area contributed by atoms with Crippen LogP contribution in [0.15, 0.2) is 6.07 Å². The van der Waals surface area contributed by atoms with Gasteiger partial charge in [0.1, 0.15) is 0 Å². The SMILES string of the molecule is CC(C)(C)c1cc2c(nn1)[C@H]1CCC2(C)C1(C)C. The molecule has 2 heteroatoms. The average molecular weight is 244 g/mol. The van der Waals surface area contributed by atoms with Crippen LogP contribution in [0, 0.1) is 5.41 Å². The van der Waals surface area contributed by atoms with Gasteiger partial charge in [-0.2, -0.15) is 10.2 Å². The molecule has 1 aromatic heterocycles. The molecule has 3 rings (SSSR count). The molecule has 0 aromatic carbocycles. The van der Waals surface area contributed by atoms with Crippen LogP contribution >= 0.6 is 0 Å². The zero-order valence-electron chi connectivity index (χ0n) is 12.5. The standard InChI is InChI=1S/C16H24N2/c1-14(2,3)12-9-11-13(18-17-12)10-7-8-16(11,6)15(10,4)5/h9-10H,7-8H2,1-6H3/t10-,16?/m1/s1. The maximum Gasteiger partial charge on any atom is 0.0705 e. The molecule has 1 heterocycles. The van der Waals surface area contributed by atoms with Crippen LogP contribution in [0.2, 0.25) is 0 Å². The maximum atomic E-state index is 4.60. The maximum absolute atomic E-state index is 4.60. The quantitative estimate of drug-likeness (QED) is 0.690. The molecule has 1 fully saturated rings. The van der Waals surface area contributed by atoms with Crippen molar-refractivity contribution in [1.82, 2.24) is 10.2 Å². The number of fused-ring (bicyclic) bond motifs is 5. The van der Waals surface area contributed by atoms with Crippen LogP contribution < -0.4 is 0 Å². The van der Waals surface area contributed by atoms with Crippen LogP contribution in [-0.4, -0.2) is 10.2 Å². The van der Waals surface area contributed by atoms with Gasteiger partial charge in [-0.1, -0.05) is 41.5 Å². The molecule has 0 N–H and O–H groups in total. The Morgan fingerprint density at radius 3 is 2.44 bits per heavy atom. The zero-order valence-corrected chi connectivity index (χ0v) is 12.5. The molecule has 1 unspecified atom stereocenters. The highest BCUT2D eigenvalue weighted by molar-refractivity contribution is 5.46. The Morgan fingerprint density at radius 2 is 1.83 bits per heavy atom. The fourth-order valence-electron chi connectivity index (χ4n) is 3.93. The van der Waals surface area contributed by atoms with Crippen molar-refractivity contribution in [1.29, 1.82) is 0 Å². The summed E-state index contributed by atoms with van der Waals surface area (Å²) in [6.45, 7) is 13.9. The Kier molecular flexibility index (Phi) is 2.12. The molecule has 98 valence electrons. The molecule has 1 aromatic rings. The van der Waals surface area contributed by atoms with Gasteiger partial charge in [-0.3, -0.25) is 0 Å². The molecule has 2 bridgehead atoms. The number of hydrogen-bond donors (Lipinski definition) is 0. The van der Waals surface area contributed by atoms with Gasteiger partial charge < -0.3 is 0 Å². The van der Waals surface area contributed by atoms with Crippen molar-refractivity contribution in [2.45, 2.75) is 71.1 Å². The summed E-state index contributed by atoms with van der Waals surface area (Å²) in [5.41, 5.74) is 4.60. The fraction of sp³-hybridized carbons (Fsp3) is 0.750. The van der Waals surface area contributed by atoms with Crippen LogP contribution in [0.4, 0.5) is 0 Å². The monoisotopic (exact) mass is 244 g/mol. The number of aromatic nitrogens is 2. The predicted molar refractivity (Wildman–Crippen MR) is 73.8 cm³/mol. The van der Waals surface area contributed by atoms with E-state index in [0.717, 1.165) is 5.69 Å². The largest absolute Gasteiger partial charge is 0.155 e. The van der Waals surface area contributed by atoms with Crippen molar-refractivity contribution < 1.29 is 0 Å². The van der Waals surface area contributed by atoms with Gasteiger partial charge in [0.2, 0.25) is 0 Å². The molecular weight excluding hydrogens is 220 g/mol. The molecule has 2 aliphatic rings. The molecule has 2 nitrogen and oxygen atoms in total. The first-order chi connectivity index (χ1) is 8.18. The molecular formula is C16H24N2. The summed E-state index contributed by atoms with van der Waals surface area (Å²) in [7, 11) is 0. The summed E-state index contributed by atoms with van der Waals surface area (Å²) < 4.78 is 0. The second-order valence-corrected chi connectivity index (χ2v) is 7.92. The van der Waals surface area contributed by atoms with Crippen molar-refractivity contribution in [3.8, 4) is 0 Å². The van der Waals surface area contributed by atoms with E-state index in [1.54, 1.807) is 0 Å². The van der Waals surface area contributed by atoms with E-state index in [1.807, 2.05) is 0 Å². The Morgan fingerprint density at radius 1 is 1.17 bits per heavy atom. The third-order valence-electron chi connectivity index (χ3n) is 5.74. The van der Waals surface area contributed by atoms with E-state index in [-0.39, 0.29) is 5.41 Å². The third kappa shape index (κ3) is 1.24. The van der Waals surface area contributed by atoms with Gasteiger partial charge in [-0.25, -0.2) is 0 Å². The highest BCUT2D eigenvalue weighted by Crippen LogP contribution is 2.67. The van der Waals surface area contributed by atoms with E-state index in [9.17, 15) is 0 Å². The smallest absolute Gasteiger partial charge is 0.0705 e. The van der Waals surface area contributed by atoms with Gasteiger partial charge >= 0.3 is 0 Å². The van der Waals surface area contributed by atoms with Crippen LogP contribution in [-0.2, 0) is 10.8 Å². The van der Waals surface area contributed by atoms with Gasteiger partial charge in [0.15, 0.2) is 0 Å². The van der Waals surface area contributed by atoms with E-state index >= 15 is 0 Å². The van der Waals surface area contributed by atoms with Gasteiger partial charge in [-0.05, 0) is 29.9 Å². The predicted octanol–water partition coefficient (Wildman–Crippen LogP) is 3.95. The lowest BCUT2D eigenvalue weighted by atomic mass is 9.68. The van der Waals surface area contributed by atoms with Gasteiger partial charge in [0.05, 0.1) is 11.4 Å². The summed E-state index contributed by atoms with van der Waals surface area (Å²) in [4.78, 5) is 0. The number of hydrogen-bond acceptors (Lipinski definition) is 2. The molecule has 2 aliphatic carbocycles. The Balaban J connectivity index is 2.20. The molecule has 0 radical (unpaired) electrons. The summed E-state index contributed by atoms with van der Waals surface area (Å²) in [6, 6.07) is 2.34. The zero-order chi connectivity index (χ0) is 13.3. The first-order valence-electron chi connectivity index (χ1n) is 7.06. The van der Waals surface area contributed by atoms with E-state index < -0.39 is 0 Å². The molecule has 0 spiro atoms. The lowest BCUT2D eigenvalue weighted by molar-refractivity contribution is 0.230. The topological polar surface area (TPSA) is 25.8 Å². The highest BCUT2D eigenvalue weighted by atomic mass is 15.1. The van der Waals surface area contributed by atoms with E-state index in [4.69, 9.17) is 0 Å². The van der Waals surface area contributed by atoms with Crippen molar-refractivity contribution in [3.63, 3.8) is 0 Å². The Hall–Kier alpha value is -0.920. The van der Waals surface area contributed by atoms with Crippen LogP contribution in [0.25, 0.3) is 0 Å². The summed E-state index contributed by atoms with van der Waals surface area (Å²) >= 11 is 0. The first-order valence-corrected chi connectivity index (χ1v) is 7.06. The van der Waals surface area contributed by atoms with Crippen LogP contribution in [0.3, 0.4) is 0 Å². The number of rotatable bonds is 0. The average Bonchev–Trinajstić information content (AvgIpc) is 2.58. The minimum atomic E-state index is 0.0877. The van der Waals surface area contributed by atoms with E-state index in [0.29, 0.717) is 16.7 Å². The van der Waals surface area contributed by atoms with E-state index in [1.165, 1.54) is 24.1 Å². The fourth-order valence-corrected chi connectivity index (χ4v) is 3.93. The summed E-state index contributed by atoms with van der Waals surface area (Å²) in [6.07, 6.45) is 2.58. The molecule has 18 heavy (non-hydrogen) atoms. The van der Waals surface area contributed by atoms with Gasteiger partial charge in [0, 0.05) is 16.7 Å². The molecule has 0 aliphatic heterocycles. The number of nitrogens with zero attached hydrogens (tertiary/aromatic N) is 2. The molecule has 1 saturated carbocycles. The van der Waals surface area contributed by atoms with Crippen LogP contribution in [0.1, 0.15) is 77.3 Å². The molecule has 2 atom stereocenters. The summed E-state index contributed by atoms with van der Waals surface area (Å²) in [5.74, 6) is 0.610. The van der Waals surface area contributed by atoms with Crippen molar-refractivity contribution in [3.05, 3.63) is 23.0 Å². The minimum absolute atomic E-state index is 0.0877. The van der Waals surface area contributed by atoms with Crippen molar-refractivity contribution in [2.24, 2.45) is 5.41 Å². The first kappa shape index (κ1) is 12.1. The Bertz CT molecular complexity index is 510. The minimum Gasteiger partial charge on any atom is -0.155 e.